The van der Waals surface area contributed by atoms with Gasteiger partial charge in [-0.3, -0.25) is 4.79 Å². The van der Waals surface area contributed by atoms with Crippen molar-refractivity contribution in [2.24, 2.45) is 0 Å². The molecule has 0 aliphatic carbocycles. The molecule has 28 heavy (non-hydrogen) atoms. The Bertz CT molecular complexity index is 1170. The van der Waals surface area contributed by atoms with Gasteiger partial charge in [-0.15, -0.1) is 0 Å². The van der Waals surface area contributed by atoms with Crippen molar-refractivity contribution in [3.63, 3.8) is 0 Å². The van der Waals surface area contributed by atoms with Gasteiger partial charge in [-0.1, -0.05) is 41.9 Å². The summed E-state index contributed by atoms with van der Waals surface area (Å²) in [6.45, 7) is 1.50. The summed E-state index contributed by atoms with van der Waals surface area (Å²) in [6, 6.07) is 14.0. The van der Waals surface area contributed by atoms with Crippen LogP contribution in [0.5, 0.6) is 0 Å². The molecule has 1 aliphatic rings. The van der Waals surface area contributed by atoms with Crippen LogP contribution >= 0.6 is 11.6 Å². The van der Waals surface area contributed by atoms with E-state index in [0.29, 0.717) is 16.3 Å². The van der Waals surface area contributed by atoms with E-state index in [0.717, 1.165) is 5.56 Å². The third-order valence-corrected chi connectivity index (χ3v) is 4.76. The number of hydrogen-bond acceptors (Lipinski definition) is 5. The number of rotatable bonds is 3. The molecule has 0 amide bonds. The second-order valence-corrected chi connectivity index (χ2v) is 6.80. The van der Waals surface area contributed by atoms with E-state index in [1.54, 1.807) is 54.6 Å². The molecule has 1 atom stereocenters. The van der Waals surface area contributed by atoms with Crippen molar-refractivity contribution in [2.75, 3.05) is 5.32 Å². The van der Waals surface area contributed by atoms with E-state index in [-0.39, 0.29) is 11.5 Å². The number of aryl methyl sites for hydroxylation is 1. The lowest BCUT2D eigenvalue weighted by molar-refractivity contribution is -0.144. The standard InChI is InChI=1S/C20H15ClN4O3/c1-12-18(26)22-17-15-4-2-3-5-16(15)23-20(19(27)28,25(17)24-12)11-10-13-6-8-14(21)9-7-13/h2-11,23H,1H3,(H,27,28). The number of carboxylic acids is 1. The Labute approximate surface area is 164 Å². The Hall–Kier alpha value is -3.45. The molecule has 1 aliphatic heterocycles. The van der Waals surface area contributed by atoms with Gasteiger partial charge in [0.05, 0.1) is 0 Å². The summed E-state index contributed by atoms with van der Waals surface area (Å²) in [4.78, 5) is 28.6. The SMILES string of the molecule is Cc1nn2c(nc1=O)-c1ccccc1NC2(C=Cc1ccc(Cl)cc1)C(=O)O. The first-order chi connectivity index (χ1) is 13.4. The van der Waals surface area contributed by atoms with E-state index in [1.165, 1.54) is 17.7 Å². The number of nitrogens with zero attached hydrogens (tertiary/aromatic N) is 3. The molecule has 0 radical (unpaired) electrons. The predicted octanol–water partition coefficient (Wildman–Crippen LogP) is 3.14. The molecule has 2 N–H and O–H groups in total. The summed E-state index contributed by atoms with van der Waals surface area (Å²) in [6.07, 6.45) is 3.14. The molecule has 2 heterocycles. The number of hydrogen-bond donors (Lipinski definition) is 2. The third-order valence-electron chi connectivity index (χ3n) is 4.51. The number of carboxylic acid groups (broad SMARTS) is 1. The van der Waals surface area contributed by atoms with E-state index in [1.807, 2.05) is 0 Å². The molecule has 8 heteroatoms. The van der Waals surface area contributed by atoms with Gasteiger partial charge in [-0.2, -0.15) is 10.1 Å². The summed E-state index contributed by atoms with van der Waals surface area (Å²) in [5.74, 6) is -1.00. The maximum Gasteiger partial charge on any atom is 0.356 e. The van der Waals surface area contributed by atoms with Crippen LogP contribution in [0.4, 0.5) is 5.69 Å². The van der Waals surface area contributed by atoms with Crippen LogP contribution in [0.25, 0.3) is 17.5 Å². The molecule has 0 saturated heterocycles. The molecule has 0 spiro atoms. The van der Waals surface area contributed by atoms with E-state index in [2.05, 4.69) is 15.4 Å². The zero-order valence-corrected chi connectivity index (χ0v) is 15.5. The minimum Gasteiger partial charge on any atom is -0.478 e. The van der Waals surface area contributed by atoms with Crippen LogP contribution in [0.3, 0.4) is 0 Å². The summed E-state index contributed by atoms with van der Waals surface area (Å²) in [5, 5.41) is 18.0. The summed E-state index contributed by atoms with van der Waals surface area (Å²) in [5.41, 5.74) is -0.237. The number of aromatic nitrogens is 3. The number of carbonyl (C=O) groups is 1. The number of benzene rings is 2. The van der Waals surface area contributed by atoms with E-state index in [9.17, 15) is 14.7 Å². The molecule has 2 aromatic carbocycles. The fraction of sp³-hybridized carbons (Fsp3) is 0.100. The number of anilines is 1. The van der Waals surface area contributed by atoms with Crippen LogP contribution in [-0.2, 0) is 10.5 Å². The maximum absolute atomic E-state index is 12.4. The average molecular weight is 395 g/mol. The lowest BCUT2D eigenvalue weighted by atomic mass is 10.0. The maximum atomic E-state index is 12.4. The monoisotopic (exact) mass is 394 g/mol. The Balaban J connectivity index is 1.95. The van der Waals surface area contributed by atoms with Gasteiger partial charge in [0.2, 0.25) is 0 Å². The number of fused-ring (bicyclic) bond motifs is 3. The smallest absolute Gasteiger partial charge is 0.356 e. The number of para-hydroxylation sites is 1. The van der Waals surface area contributed by atoms with E-state index < -0.39 is 17.2 Å². The molecule has 0 bridgehead atoms. The lowest BCUT2D eigenvalue weighted by Crippen LogP contribution is -2.52. The largest absolute Gasteiger partial charge is 0.478 e. The highest BCUT2D eigenvalue weighted by Crippen LogP contribution is 2.37. The molecule has 1 unspecified atom stereocenters. The summed E-state index contributed by atoms with van der Waals surface area (Å²) in [7, 11) is 0. The third kappa shape index (κ3) is 2.86. The predicted molar refractivity (Wildman–Crippen MR) is 106 cm³/mol. The fourth-order valence-corrected chi connectivity index (χ4v) is 3.17. The van der Waals surface area contributed by atoms with Crippen molar-refractivity contribution in [2.45, 2.75) is 12.6 Å². The van der Waals surface area contributed by atoms with Gasteiger partial charge in [-0.05, 0) is 42.8 Å². The van der Waals surface area contributed by atoms with Crippen LogP contribution in [0, 0.1) is 6.92 Å². The van der Waals surface area contributed by atoms with Gasteiger partial charge in [0.1, 0.15) is 5.69 Å². The van der Waals surface area contributed by atoms with Gasteiger partial charge >= 0.3 is 5.97 Å². The van der Waals surface area contributed by atoms with Crippen molar-refractivity contribution in [1.82, 2.24) is 14.8 Å². The number of aliphatic carboxylic acids is 1. The van der Waals surface area contributed by atoms with Crippen molar-refractivity contribution in [3.8, 4) is 11.4 Å². The van der Waals surface area contributed by atoms with Crippen molar-refractivity contribution in [1.29, 1.82) is 0 Å². The zero-order chi connectivity index (χ0) is 19.9. The highest BCUT2D eigenvalue weighted by atomic mass is 35.5. The molecule has 1 aromatic heterocycles. The summed E-state index contributed by atoms with van der Waals surface area (Å²) >= 11 is 5.91. The van der Waals surface area contributed by atoms with Gasteiger partial charge in [0.25, 0.3) is 11.2 Å². The first-order valence-corrected chi connectivity index (χ1v) is 8.83. The normalized spacial score (nSPS) is 17.6. The highest BCUT2D eigenvalue weighted by molar-refractivity contribution is 6.30. The zero-order valence-electron chi connectivity index (χ0n) is 14.8. The van der Waals surface area contributed by atoms with Gasteiger partial charge in [0, 0.05) is 16.3 Å². The minimum atomic E-state index is -1.76. The molecule has 140 valence electrons. The first-order valence-electron chi connectivity index (χ1n) is 8.45. The highest BCUT2D eigenvalue weighted by Gasteiger charge is 2.44. The molecule has 0 fully saturated rings. The average Bonchev–Trinajstić information content (AvgIpc) is 2.68. The molecular weight excluding hydrogens is 380 g/mol. The van der Waals surface area contributed by atoms with Gasteiger partial charge in [0.15, 0.2) is 5.82 Å². The van der Waals surface area contributed by atoms with Crippen molar-refractivity contribution in [3.05, 3.63) is 81.2 Å². The topological polar surface area (TPSA) is 97.1 Å². The van der Waals surface area contributed by atoms with Crippen molar-refractivity contribution >= 4 is 29.3 Å². The molecule has 3 aromatic rings. The Morgan fingerprint density at radius 1 is 1.21 bits per heavy atom. The van der Waals surface area contributed by atoms with Crippen LogP contribution < -0.4 is 10.9 Å². The van der Waals surface area contributed by atoms with Gasteiger partial charge < -0.3 is 10.4 Å². The van der Waals surface area contributed by atoms with E-state index in [4.69, 9.17) is 11.6 Å². The minimum absolute atomic E-state index is 0.107. The molecular formula is C20H15ClN4O3. The first kappa shape index (κ1) is 17.9. The molecule has 7 nitrogen and oxygen atoms in total. The quantitative estimate of drug-likeness (QED) is 0.708. The van der Waals surface area contributed by atoms with Gasteiger partial charge in [-0.25, -0.2) is 9.48 Å². The van der Waals surface area contributed by atoms with Crippen LogP contribution in [0.15, 0.2) is 59.4 Å². The second kappa shape index (κ2) is 6.61. The Kier molecular flexibility index (Phi) is 4.24. The Morgan fingerprint density at radius 2 is 1.93 bits per heavy atom. The lowest BCUT2D eigenvalue weighted by Gasteiger charge is -2.36. The van der Waals surface area contributed by atoms with Crippen molar-refractivity contribution < 1.29 is 9.90 Å². The fourth-order valence-electron chi connectivity index (χ4n) is 3.05. The number of halogens is 1. The van der Waals surface area contributed by atoms with E-state index >= 15 is 0 Å². The number of nitrogens with one attached hydrogen (secondary N) is 1. The Morgan fingerprint density at radius 3 is 2.64 bits per heavy atom. The van der Waals surface area contributed by atoms with Crippen LogP contribution in [-0.4, -0.2) is 25.8 Å². The van der Waals surface area contributed by atoms with Crippen LogP contribution in [0.1, 0.15) is 11.3 Å². The molecule has 4 rings (SSSR count). The molecule has 0 saturated carbocycles. The summed E-state index contributed by atoms with van der Waals surface area (Å²) < 4.78 is 1.24. The van der Waals surface area contributed by atoms with Crippen LogP contribution in [0.2, 0.25) is 5.02 Å². The second-order valence-electron chi connectivity index (χ2n) is 6.36.